The molecule has 0 saturated carbocycles. The molecule has 0 aliphatic rings. The van der Waals surface area contributed by atoms with Crippen LogP contribution in [0.3, 0.4) is 0 Å². The molecule has 0 spiro atoms. The van der Waals surface area contributed by atoms with Gasteiger partial charge in [-0.1, -0.05) is 61.1 Å². The van der Waals surface area contributed by atoms with Crippen LogP contribution in [0.25, 0.3) is 17.3 Å². The number of rotatable bonds is 11. The van der Waals surface area contributed by atoms with Gasteiger partial charge in [0.2, 0.25) is 5.82 Å². The van der Waals surface area contributed by atoms with E-state index < -0.39 is 0 Å². The lowest BCUT2D eigenvalue weighted by atomic mass is 10.2. The largest absolute Gasteiger partial charge is 0.461 e. The van der Waals surface area contributed by atoms with Crippen LogP contribution in [0.5, 0.6) is 0 Å². The van der Waals surface area contributed by atoms with E-state index in [1.165, 1.54) is 35.9 Å². The van der Waals surface area contributed by atoms with Gasteiger partial charge in [-0.3, -0.25) is 9.36 Å². The van der Waals surface area contributed by atoms with E-state index in [1.807, 2.05) is 16.7 Å². The molecule has 1 N–H and O–H groups in total. The summed E-state index contributed by atoms with van der Waals surface area (Å²) in [7, 11) is 0. The first kappa shape index (κ1) is 24.8. The predicted octanol–water partition coefficient (Wildman–Crippen LogP) is 6.89. The first-order valence-electron chi connectivity index (χ1n) is 10.9. The molecule has 4 rings (SSSR count). The maximum atomic E-state index is 12.4. The Morgan fingerprint density at radius 2 is 2.09 bits per heavy atom. The lowest BCUT2D eigenvalue weighted by molar-refractivity contribution is 0.0948. The molecule has 0 atom stereocenters. The Kier molecular flexibility index (Phi) is 8.66. The van der Waals surface area contributed by atoms with Gasteiger partial charge in [0.25, 0.3) is 5.91 Å². The Balaban J connectivity index is 1.48. The monoisotopic (exact) mass is 535 g/mol. The van der Waals surface area contributed by atoms with Crippen LogP contribution < -0.4 is 5.32 Å². The van der Waals surface area contributed by atoms with E-state index in [0.29, 0.717) is 50.5 Å². The van der Waals surface area contributed by atoms with Gasteiger partial charge in [-0.25, -0.2) is 4.98 Å². The third kappa shape index (κ3) is 6.02. The van der Waals surface area contributed by atoms with E-state index in [1.54, 1.807) is 29.8 Å². The van der Waals surface area contributed by atoms with Crippen LogP contribution in [0.4, 0.5) is 0 Å². The number of carbonyl (C=O) groups is 1. The Morgan fingerprint density at radius 3 is 2.85 bits per heavy atom. The number of hydrogen-bond acceptors (Lipinski definition) is 7. The summed E-state index contributed by atoms with van der Waals surface area (Å²) in [5, 5.41) is 15.8. The van der Waals surface area contributed by atoms with Crippen molar-refractivity contribution in [2.45, 2.75) is 43.5 Å². The first-order valence-corrected chi connectivity index (χ1v) is 13.5. The molecule has 178 valence electrons. The SMILES string of the molecule is CCCCCCNC(=O)c1csc(CSc2nnc(-c3ccco3)n2-c2ccc(Cl)cc2Cl)n1. The van der Waals surface area contributed by atoms with Gasteiger partial charge in [0.1, 0.15) is 10.7 Å². The van der Waals surface area contributed by atoms with Gasteiger partial charge in [0.05, 0.1) is 22.7 Å². The highest BCUT2D eigenvalue weighted by Gasteiger charge is 2.21. The van der Waals surface area contributed by atoms with E-state index in [2.05, 4.69) is 27.4 Å². The molecular formula is C23H23Cl2N5O2S2. The fraction of sp³-hybridized carbons (Fsp3) is 0.304. The van der Waals surface area contributed by atoms with Crippen molar-refractivity contribution in [3.63, 3.8) is 0 Å². The number of unbranched alkanes of at least 4 members (excludes halogenated alkanes) is 3. The van der Waals surface area contributed by atoms with Crippen LogP contribution >= 0.6 is 46.3 Å². The summed E-state index contributed by atoms with van der Waals surface area (Å²) >= 11 is 15.5. The average Bonchev–Trinajstić information content (AvgIpc) is 3.58. The molecular weight excluding hydrogens is 513 g/mol. The molecule has 11 heteroatoms. The fourth-order valence-corrected chi connectivity index (χ4v) is 5.49. The van der Waals surface area contributed by atoms with Crippen LogP contribution in [-0.2, 0) is 5.75 Å². The number of nitrogens with one attached hydrogen (secondary N) is 1. The molecule has 0 aliphatic carbocycles. The van der Waals surface area contributed by atoms with Crippen LogP contribution in [0.1, 0.15) is 48.1 Å². The molecule has 1 amide bonds. The second-order valence-corrected chi connectivity index (χ2v) is 10.2. The summed E-state index contributed by atoms with van der Waals surface area (Å²) in [4.78, 5) is 16.9. The topological polar surface area (TPSA) is 85.8 Å². The second kappa shape index (κ2) is 11.9. The second-order valence-electron chi connectivity index (χ2n) is 7.45. The Labute approximate surface area is 215 Å². The first-order chi connectivity index (χ1) is 16.6. The molecule has 4 aromatic rings. The summed E-state index contributed by atoms with van der Waals surface area (Å²) < 4.78 is 7.38. The number of halogens is 2. The number of nitrogens with zero attached hydrogens (tertiary/aromatic N) is 4. The van der Waals surface area contributed by atoms with Crippen molar-refractivity contribution in [3.05, 3.63) is 62.7 Å². The molecule has 0 bridgehead atoms. The highest BCUT2D eigenvalue weighted by atomic mass is 35.5. The van der Waals surface area contributed by atoms with Crippen molar-refractivity contribution in [2.24, 2.45) is 0 Å². The molecule has 0 aliphatic heterocycles. The number of aromatic nitrogens is 4. The molecule has 1 aromatic carbocycles. The van der Waals surface area contributed by atoms with Crippen LogP contribution in [0, 0.1) is 0 Å². The summed E-state index contributed by atoms with van der Waals surface area (Å²) in [5.41, 5.74) is 1.13. The van der Waals surface area contributed by atoms with E-state index in [4.69, 9.17) is 27.6 Å². The van der Waals surface area contributed by atoms with Crippen LogP contribution in [0.15, 0.2) is 51.5 Å². The number of thioether (sulfide) groups is 1. The minimum atomic E-state index is -0.139. The van der Waals surface area contributed by atoms with Crippen molar-refractivity contribution in [2.75, 3.05) is 6.54 Å². The standard InChI is InChI=1S/C23H23Cl2N5O2S2/c1-2-3-4-5-10-26-22(31)17-13-33-20(27-17)14-34-23-29-28-21(19-7-6-11-32-19)30(23)18-9-8-15(24)12-16(18)25/h6-9,11-13H,2-5,10,14H2,1H3,(H,26,31). The third-order valence-electron chi connectivity index (χ3n) is 4.95. The summed E-state index contributed by atoms with van der Waals surface area (Å²) in [6, 6.07) is 8.85. The normalized spacial score (nSPS) is 11.1. The van der Waals surface area contributed by atoms with Gasteiger partial charge >= 0.3 is 0 Å². The number of benzene rings is 1. The van der Waals surface area contributed by atoms with Crippen molar-refractivity contribution >= 4 is 52.2 Å². The smallest absolute Gasteiger partial charge is 0.270 e. The number of hydrogen-bond donors (Lipinski definition) is 1. The maximum absolute atomic E-state index is 12.4. The summed E-state index contributed by atoms with van der Waals surface area (Å²) in [6.45, 7) is 2.83. The zero-order chi connectivity index (χ0) is 23.9. The molecule has 0 unspecified atom stereocenters. The van der Waals surface area contributed by atoms with Gasteiger partial charge in [-0.2, -0.15) is 0 Å². The van der Waals surface area contributed by atoms with Gasteiger partial charge in [-0.05, 0) is 36.8 Å². The number of amides is 1. The molecule has 0 saturated heterocycles. The van der Waals surface area contributed by atoms with Crippen molar-refractivity contribution in [3.8, 4) is 17.3 Å². The van der Waals surface area contributed by atoms with E-state index in [-0.39, 0.29) is 5.91 Å². The van der Waals surface area contributed by atoms with Gasteiger partial charge < -0.3 is 9.73 Å². The van der Waals surface area contributed by atoms with Crippen LogP contribution in [0.2, 0.25) is 10.0 Å². The minimum Gasteiger partial charge on any atom is -0.461 e. The number of thiazole rings is 1. The Hall–Kier alpha value is -2.33. The highest BCUT2D eigenvalue weighted by Crippen LogP contribution is 2.34. The average molecular weight is 537 g/mol. The predicted molar refractivity (Wildman–Crippen MR) is 137 cm³/mol. The Morgan fingerprint density at radius 1 is 1.21 bits per heavy atom. The Bertz CT molecular complexity index is 1240. The lowest BCUT2D eigenvalue weighted by Gasteiger charge is -2.11. The zero-order valence-electron chi connectivity index (χ0n) is 18.5. The summed E-state index contributed by atoms with van der Waals surface area (Å²) in [6.07, 6.45) is 6.03. The van der Waals surface area contributed by atoms with Gasteiger partial charge in [-0.15, -0.1) is 21.5 Å². The maximum Gasteiger partial charge on any atom is 0.270 e. The highest BCUT2D eigenvalue weighted by molar-refractivity contribution is 7.98. The van der Waals surface area contributed by atoms with E-state index >= 15 is 0 Å². The lowest BCUT2D eigenvalue weighted by Crippen LogP contribution is -2.24. The van der Waals surface area contributed by atoms with Gasteiger partial charge in [0.15, 0.2) is 10.9 Å². The fourth-order valence-electron chi connectivity index (χ4n) is 3.26. The van der Waals surface area contributed by atoms with E-state index in [0.717, 1.165) is 17.8 Å². The van der Waals surface area contributed by atoms with Crippen LogP contribution in [-0.4, -0.2) is 32.2 Å². The molecule has 7 nitrogen and oxygen atoms in total. The van der Waals surface area contributed by atoms with E-state index in [9.17, 15) is 4.79 Å². The van der Waals surface area contributed by atoms with Crippen molar-refractivity contribution < 1.29 is 9.21 Å². The molecule has 0 fully saturated rings. The molecule has 3 aromatic heterocycles. The molecule has 34 heavy (non-hydrogen) atoms. The molecule has 0 radical (unpaired) electrons. The minimum absolute atomic E-state index is 0.139. The number of carbonyl (C=O) groups excluding carboxylic acids is 1. The number of furan rings is 1. The third-order valence-corrected chi connectivity index (χ3v) is 7.46. The molecule has 3 heterocycles. The van der Waals surface area contributed by atoms with Crippen molar-refractivity contribution in [1.29, 1.82) is 0 Å². The zero-order valence-corrected chi connectivity index (χ0v) is 21.6. The summed E-state index contributed by atoms with van der Waals surface area (Å²) in [5.74, 6) is 1.48. The quantitative estimate of drug-likeness (QED) is 0.166. The van der Waals surface area contributed by atoms with Gasteiger partial charge in [0, 0.05) is 16.9 Å². The van der Waals surface area contributed by atoms with Crippen molar-refractivity contribution in [1.82, 2.24) is 25.1 Å².